The van der Waals surface area contributed by atoms with Gasteiger partial charge in [-0.1, -0.05) is 18.2 Å². The fraction of sp³-hybridized carbons (Fsp3) is 0.0455. The quantitative estimate of drug-likeness (QED) is 0.262. The van der Waals surface area contributed by atoms with E-state index in [9.17, 15) is 14.9 Å². The van der Waals surface area contributed by atoms with Gasteiger partial charge in [0.05, 0.1) is 18.2 Å². The number of carbonyl (C=O) groups is 1. The first-order valence-corrected chi connectivity index (χ1v) is 9.32. The summed E-state index contributed by atoms with van der Waals surface area (Å²) in [6.45, 7) is 0. The zero-order chi connectivity index (χ0) is 22.5. The molecule has 0 saturated heterocycles. The Bertz CT molecular complexity index is 1280. The number of methoxy groups -OCH3 is 1. The van der Waals surface area contributed by atoms with Crippen LogP contribution in [-0.2, 0) is 0 Å². The number of aromatic nitrogens is 1. The van der Waals surface area contributed by atoms with E-state index in [1.54, 1.807) is 30.3 Å². The number of nitrogens with one attached hydrogen (secondary N) is 1. The Kier molecular flexibility index (Phi) is 5.75. The zero-order valence-electron chi connectivity index (χ0n) is 16.7. The minimum atomic E-state index is -0.543. The largest absolute Gasteiger partial charge is 0.493 e. The zero-order valence-corrected chi connectivity index (χ0v) is 16.7. The van der Waals surface area contributed by atoms with Crippen LogP contribution >= 0.6 is 0 Å². The van der Waals surface area contributed by atoms with Crippen molar-refractivity contribution in [2.45, 2.75) is 0 Å². The summed E-state index contributed by atoms with van der Waals surface area (Å²) in [7, 11) is 1.47. The number of pyridine rings is 1. The molecule has 0 aliphatic carbocycles. The van der Waals surface area contributed by atoms with Gasteiger partial charge in [0.25, 0.3) is 5.69 Å². The number of hydrogen-bond donors (Lipinski definition) is 1. The van der Waals surface area contributed by atoms with E-state index in [1.165, 1.54) is 25.5 Å². The van der Waals surface area contributed by atoms with Crippen LogP contribution in [0.3, 0.4) is 0 Å². The van der Waals surface area contributed by atoms with Crippen molar-refractivity contribution < 1.29 is 23.6 Å². The van der Waals surface area contributed by atoms with Crippen LogP contribution in [0.25, 0.3) is 11.0 Å². The molecule has 0 aliphatic rings. The summed E-state index contributed by atoms with van der Waals surface area (Å²) in [6.07, 6.45) is 2.55. The highest BCUT2D eigenvalue weighted by atomic mass is 16.6. The lowest BCUT2D eigenvalue weighted by atomic mass is 10.2. The lowest BCUT2D eigenvalue weighted by molar-refractivity contribution is -0.385. The van der Waals surface area contributed by atoms with Gasteiger partial charge < -0.3 is 13.9 Å². The van der Waals surface area contributed by atoms with Crippen molar-refractivity contribution in [2.24, 2.45) is 5.10 Å². The minimum absolute atomic E-state index is 0.138. The van der Waals surface area contributed by atoms with Gasteiger partial charge >= 0.3 is 5.91 Å². The maximum atomic E-state index is 12.2. The number of nitro groups is 1. The molecule has 2 aromatic carbocycles. The van der Waals surface area contributed by atoms with Gasteiger partial charge in [0.1, 0.15) is 11.8 Å². The molecule has 0 radical (unpaired) electrons. The number of benzene rings is 2. The monoisotopic (exact) mass is 432 g/mol. The summed E-state index contributed by atoms with van der Waals surface area (Å²) >= 11 is 0. The van der Waals surface area contributed by atoms with Crippen molar-refractivity contribution in [1.82, 2.24) is 10.4 Å². The molecular weight excluding hydrogens is 416 g/mol. The molecule has 10 nitrogen and oxygen atoms in total. The Hall–Kier alpha value is -4.73. The number of furan rings is 1. The average Bonchev–Trinajstić information content (AvgIpc) is 3.25. The Morgan fingerprint density at radius 2 is 2.00 bits per heavy atom. The molecule has 2 heterocycles. The molecule has 0 bridgehead atoms. The average molecular weight is 432 g/mol. The fourth-order valence-corrected chi connectivity index (χ4v) is 2.82. The molecule has 32 heavy (non-hydrogen) atoms. The molecule has 0 atom stereocenters. The summed E-state index contributed by atoms with van der Waals surface area (Å²) in [5.41, 5.74) is 3.53. The van der Waals surface area contributed by atoms with Crippen LogP contribution in [0.15, 0.2) is 76.4 Å². The summed E-state index contributed by atoms with van der Waals surface area (Å²) < 4.78 is 16.5. The van der Waals surface area contributed by atoms with Crippen molar-refractivity contribution >= 4 is 28.8 Å². The highest BCUT2D eigenvalue weighted by Crippen LogP contribution is 2.31. The normalized spacial score (nSPS) is 10.9. The van der Waals surface area contributed by atoms with Crippen LogP contribution in [0, 0.1) is 10.1 Å². The van der Waals surface area contributed by atoms with Gasteiger partial charge in [-0.25, -0.2) is 10.4 Å². The lowest BCUT2D eigenvalue weighted by Crippen LogP contribution is -2.16. The SMILES string of the molecule is COc1cc(/C=N/NC(=O)c2cc3ccccc3o2)ccc1Oc1ccc([N+](=O)[O-])cn1. The van der Waals surface area contributed by atoms with Crippen LogP contribution in [0.4, 0.5) is 5.69 Å². The lowest BCUT2D eigenvalue weighted by Gasteiger charge is -2.10. The number of nitrogens with zero attached hydrogens (tertiary/aromatic N) is 3. The summed E-state index contributed by atoms with van der Waals surface area (Å²) in [4.78, 5) is 26.3. The number of rotatable bonds is 7. The number of ether oxygens (including phenoxy) is 2. The van der Waals surface area contributed by atoms with E-state index < -0.39 is 10.8 Å². The molecule has 1 amide bonds. The number of hydrogen-bond acceptors (Lipinski definition) is 8. The predicted octanol–water partition coefficient (Wildman–Crippen LogP) is 4.30. The molecule has 0 fully saturated rings. The van der Waals surface area contributed by atoms with Gasteiger partial charge in [-0.15, -0.1) is 0 Å². The number of carbonyl (C=O) groups excluding carboxylic acids is 1. The van der Waals surface area contributed by atoms with E-state index >= 15 is 0 Å². The van der Waals surface area contributed by atoms with Gasteiger partial charge in [-0.05, 0) is 35.9 Å². The molecule has 160 valence electrons. The van der Waals surface area contributed by atoms with Crippen molar-refractivity contribution in [3.63, 3.8) is 0 Å². The van der Waals surface area contributed by atoms with Gasteiger partial charge in [-0.2, -0.15) is 5.10 Å². The standard InChI is InChI=1S/C22H16N4O6/c1-30-19-10-14(6-8-18(19)32-21-9-7-16(13-23-21)26(28)29)12-24-25-22(27)20-11-15-4-2-3-5-17(15)31-20/h2-13H,1H3,(H,25,27)/b24-12+. The third kappa shape index (κ3) is 4.54. The Balaban J connectivity index is 1.43. The van der Waals surface area contributed by atoms with Gasteiger partial charge in [0.2, 0.25) is 5.88 Å². The molecule has 0 aliphatic heterocycles. The second-order valence-corrected chi connectivity index (χ2v) is 6.47. The van der Waals surface area contributed by atoms with Crippen LogP contribution < -0.4 is 14.9 Å². The molecule has 0 saturated carbocycles. The summed E-state index contributed by atoms with van der Waals surface area (Å²) in [6, 6.07) is 16.6. The fourth-order valence-electron chi connectivity index (χ4n) is 2.82. The second-order valence-electron chi connectivity index (χ2n) is 6.47. The molecule has 4 aromatic rings. The molecule has 0 spiro atoms. The van der Waals surface area contributed by atoms with Gasteiger partial charge in [0, 0.05) is 17.5 Å². The number of hydrazone groups is 1. The molecule has 1 N–H and O–H groups in total. The maximum Gasteiger partial charge on any atom is 0.307 e. The Labute approximate surface area is 181 Å². The van der Waals surface area contributed by atoms with E-state index in [-0.39, 0.29) is 17.3 Å². The molecule has 4 rings (SSSR count). The topological polar surface area (TPSA) is 129 Å². The van der Waals surface area contributed by atoms with Gasteiger partial charge in [-0.3, -0.25) is 14.9 Å². The van der Waals surface area contributed by atoms with Crippen LogP contribution in [0.1, 0.15) is 16.1 Å². The highest BCUT2D eigenvalue weighted by molar-refractivity contribution is 5.96. The molecule has 10 heteroatoms. The second kappa shape index (κ2) is 8.96. The smallest absolute Gasteiger partial charge is 0.307 e. The predicted molar refractivity (Wildman–Crippen MR) is 115 cm³/mol. The van der Waals surface area contributed by atoms with Crippen LogP contribution in [0.5, 0.6) is 17.4 Å². The minimum Gasteiger partial charge on any atom is -0.493 e. The van der Waals surface area contributed by atoms with Crippen LogP contribution in [0.2, 0.25) is 0 Å². The van der Waals surface area contributed by atoms with Gasteiger partial charge in [0.15, 0.2) is 17.3 Å². The first kappa shape index (κ1) is 20.5. The van der Waals surface area contributed by atoms with Crippen molar-refractivity contribution in [3.8, 4) is 17.4 Å². The van der Waals surface area contributed by atoms with E-state index in [0.717, 1.165) is 11.6 Å². The van der Waals surface area contributed by atoms with Crippen molar-refractivity contribution in [3.05, 3.63) is 88.3 Å². The summed E-state index contributed by atoms with van der Waals surface area (Å²) in [5, 5.41) is 15.5. The molecule has 2 aromatic heterocycles. The first-order valence-electron chi connectivity index (χ1n) is 9.32. The Morgan fingerprint density at radius 1 is 1.16 bits per heavy atom. The van der Waals surface area contributed by atoms with E-state index in [2.05, 4.69) is 15.5 Å². The Morgan fingerprint density at radius 3 is 2.72 bits per heavy atom. The van der Waals surface area contributed by atoms with E-state index in [4.69, 9.17) is 13.9 Å². The third-order valence-electron chi connectivity index (χ3n) is 4.36. The first-order chi connectivity index (χ1) is 15.5. The molecular formula is C22H16N4O6. The maximum absolute atomic E-state index is 12.2. The van der Waals surface area contributed by atoms with Crippen molar-refractivity contribution in [1.29, 1.82) is 0 Å². The highest BCUT2D eigenvalue weighted by Gasteiger charge is 2.12. The molecule has 0 unspecified atom stereocenters. The number of fused-ring (bicyclic) bond motifs is 1. The number of para-hydroxylation sites is 1. The van der Waals surface area contributed by atoms with E-state index in [0.29, 0.717) is 22.6 Å². The summed E-state index contributed by atoms with van der Waals surface area (Å²) in [5.74, 6) is 0.595. The third-order valence-corrected chi connectivity index (χ3v) is 4.36. The van der Waals surface area contributed by atoms with Crippen molar-refractivity contribution in [2.75, 3.05) is 7.11 Å². The van der Waals surface area contributed by atoms with E-state index in [1.807, 2.05) is 18.2 Å². The van der Waals surface area contributed by atoms with Crippen LogP contribution in [-0.4, -0.2) is 29.1 Å². The number of amides is 1.